The summed E-state index contributed by atoms with van der Waals surface area (Å²) >= 11 is 12.1. The SMILES string of the molecule is COc1cc2ncnc(Nc3n[nH]c4cc(=O)n(-c5cccc(C(F)(F)F)c5)nc34)c2cc1OC.COc1cccc(-n2nc3c(Nc4ncccn4)n[nH]c3cc2=O)c1.O=c1cc2[nH]nc(Nc3ncccn3)c2nn1-c1ccc(Cl)cc1Cl.O=c1cc2[nH]nc(Nc3ncccn3)c2nn1-c1ccc(Oc2ccccc2)cc1.O=c1cc2[nH]nc(Nc3ncccn3)c2nn1-c1cccc(C(F)(F)F)c1. The summed E-state index contributed by atoms with van der Waals surface area (Å²) in [6.07, 6.45) is 4.96. The molecule has 0 radical (unpaired) electrons. The number of anilines is 10. The van der Waals surface area contributed by atoms with Gasteiger partial charge in [0.15, 0.2) is 68.2 Å². The van der Waals surface area contributed by atoms with Crippen LogP contribution in [0.1, 0.15) is 11.1 Å². The van der Waals surface area contributed by atoms with E-state index in [0.717, 1.165) is 39.4 Å². The van der Waals surface area contributed by atoms with Crippen molar-refractivity contribution < 1.29 is 45.3 Å². The van der Waals surface area contributed by atoms with E-state index in [1.54, 1.807) is 147 Å². The van der Waals surface area contributed by atoms with Crippen molar-refractivity contribution in [1.82, 2.24) is 150 Å². The molecule has 15 aromatic heterocycles. The molecule has 0 saturated heterocycles. The first-order valence-electron chi connectivity index (χ1n) is 41.3. The maximum absolute atomic E-state index is 13.2. The van der Waals surface area contributed by atoms with E-state index in [-0.39, 0.29) is 56.7 Å². The molecule has 0 fully saturated rings. The average Bonchev–Trinajstić information content (AvgIpc) is 1.45. The van der Waals surface area contributed by atoms with E-state index in [9.17, 15) is 50.3 Å². The van der Waals surface area contributed by atoms with Gasteiger partial charge in [-0.1, -0.05) is 59.6 Å². The van der Waals surface area contributed by atoms with Gasteiger partial charge in [0, 0.05) is 102 Å². The van der Waals surface area contributed by atoms with Crippen molar-refractivity contribution in [1.29, 1.82) is 0 Å². The van der Waals surface area contributed by atoms with Gasteiger partial charge in [0.1, 0.15) is 29.4 Å². The summed E-state index contributed by atoms with van der Waals surface area (Å²) in [7, 11) is 4.57. The van der Waals surface area contributed by atoms with Crippen molar-refractivity contribution >= 4 is 148 Å². The molecule has 10 N–H and O–H groups in total. The summed E-state index contributed by atoms with van der Waals surface area (Å²) in [5.74, 6) is 6.40. The number of methoxy groups -OCH3 is 3. The molecule has 44 nitrogen and oxygen atoms in total. The molecule has 142 heavy (non-hydrogen) atoms. The summed E-state index contributed by atoms with van der Waals surface area (Å²) in [6, 6.07) is 54.0. The minimum Gasteiger partial charge on any atom is -0.497 e. The topological polar surface area (TPSA) is 544 Å². The van der Waals surface area contributed by atoms with Crippen LogP contribution in [0.4, 0.5) is 85.0 Å². The number of fused-ring (bicyclic) bond motifs is 6. The second-order valence-electron chi connectivity index (χ2n) is 29.3. The molecule has 0 aliphatic heterocycles. The van der Waals surface area contributed by atoms with Crippen LogP contribution in [0.2, 0.25) is 10.0 Å². The minimum atomic E-state index is -4.57. The van der Waals surface area contributed by atoms with Gasteiger partial charge in [-0.2, -0.15) is 101 Å². The Kier molecular flexibility index (Phi) is 26.4. The highest BCUT2D eigenvalue weighted by molar-refractivity contribution is 6.35. The molecule has 15 heterocycles. The van der Waals surface area contributed by atoms with Gasteiger partial charge in [0.25, 0.3) is 27.8 Å². The van der Waals surface area contributed by atoms with Crippen LogP contribution in [0.5, 0.6) is 28.7 Å². The van der Waals surface area contributed by atoms with E-state index in [1.165, 1.54) is 102 Å². The first-order valence-corrected chi connectivity index (χ1v) is 42.1. The number of H-pyrrole nitrogens is 5. The number of halogens is 8. The number of hydrogen-bond donors (Lipinski definition) is 10. The summed E-state index contributed by atoms with van der Waals surface area (Å²) in [4.78, 5) is 103. The summed E-state index contributed by atoms with van der Waals surface area (Å²) in [6.45, 7) is 0. The van der Waals surface area contributed by atoms with Crippen LogP contribution in [-0.2, 0) is 12.4 Å². The van der Waals surface area contributed by atoms with Gasteiger partial charge in [-0.25, -0.2) is 49.8 Å². The van der Waals surface area contributed by atoms with E-state index >= 15 is 0 Å². The molecular weight excluding hydrogens is 1900 g/mol. The Hall–Kier alpha value is -19.7. The van der Waals surface area contributed by atoms with Crippen molar-refractivity contribution in [2.75, 3.05) is 47.9 Å². The van der Waals surface area contributed by atoms with Gasteiger partial charge in [-0.05, 0) is 133 Å². The largest absolute Gasteiger partial charge is 0.497 e. The van der Waals surface area contributed by atoms with E-state index < -0.39 is 34.6 Å². The monoisotopic (exact) mass is 1960 g/mol. The van der Waals surface area contributed by atoms with Gasteiger partial charge in [0.2, 0.25) is 23.8 Å². The number of aromatic amines is 5. The molecule has 22 rings (SSSR count). The van der Waals surface area contributed by atoms with Crippen LogP contribution in [-0.4, -0.2) is 171 Å². The fourth-order valence-electron chi connectivity index (χ4n) is 13.6. The van der Waals surface area contributed by atoms with E-state index in [2.05, 4.69) is 153 Å². The van der Waals surface area contributed by atoms with Gasteiger partial charge in [0.05, 0.1) is 99.0 Å². The fraction of sp³-hybridized carbons (Fsp3) is 0.0556. The van der Waals surface area contributed by atoms with Crippen molar-refractivity contribution in [3.05, 3.63) is 341 Å². The molecule has 708 valence electrons. The first-order chi connectivity index (χ1) is 68.8. The van der Waals surface area contributed by atoms with Crippen molar-refractivity contribution in [2.24, 2.45) is 0 Å². The third-order valence-electron chi connectivity index (χ3n) is 20.1. The number of hydrogen-bond acceptors (Lipinski definition) is 34. The van der Waals surface area contributed by atoms with Crippen LogP contribution >= 0.6 is 23.2 Å². The second kappa shape index (κ2) is 40.5. The summed E-state index contributed by atoms with van der Waals surface area (Å²) in [5, 5.41) is 72.1. The Morgan fingerprint density at radius 1 is 0.310 bits per heavy atom. The highest BCUT2D eigenvalue weighted by Crippen LogP contribution is 2.38. The lowest BCUT2D eigenvalue weighted by Gasteiger charge is -2.11. The van der Waals surface area contributed by atoms with Crippen LogP contribution < -0.4 is 73.3 Å². The van der Waals surface area contributed by atoms with Gasteiger partial charge >= 0.3 is 12.4 Å². The van der Waals surface area contributed by atoms with E-state index in [4.69, 9.17) is 42.1 Å². The molecule has 52 heteroatoms. The van der Waals surface area contributed by atoms with Gasteiger partial charge < -0.3 is 45.5 Å². The Bertz CT molecular complexity index is 8690. The molecule has 0 aliphatic rings. The zero-order valence-corrected chi connectivity index (χ0v) is 74.3. The highest BCUT2D eigenvalue weighted by Gasteiger charge is 2.33. The number of ether oxygens (including phenoxy) is 4. The maximum atomic E-state index is 13.2. The number of alkyl halides is 6. The van der Waals surface area contributed by atoms with Crippen molar-refractivity contribution in [3.8, 4) is 57.2 Å². The van der Waals surface area contributed by atoms with Crippen molar-refractivity contribution in [3.63, 3.8) is 0 Å². The molecule has 0 bridgehead atoms. The first kappa shape index (κ1) is 92.7. The lowest BCUT2D eigenvalue weighted by atomic mass is 10.2. The van der Waals surface area contributed by atoms with Gasteiger partial charge in [-0.15, -0.1) is 0 Å². The third kappa shape index (κ3) is 20.9. The normalized spacial score (nSPS) is 11.2. The summed E-state index contributed by atoms with van der Waals surface area (Å²) in [5.41, 5.74) is 2.20. The Morgan fingerprint density at radius 3 is 1.05 bits per heavy atom. The molecule has 0 aliphatic carbocycles. The number of para-hydroxylation sites is 1. The number of nitrogens with zero attached hydrogens (tertiary/aromatic N) is 25. The Morgan fingerprint density at radius 2 is 0.662 bits per heavy atom. The fourth-order valence-corrected chi connectivity index (χ4v) is 14.0. The maximum Gasteiger partial charge on any atom is 0.416 e. The van der Waals surface area contributed by atoms with Crippen LogP contribution in [0.3, 0.4) is 0 Å². The Balaban J connectivity index is 0.000000118. The molecule has 0 atom stereocenters. The molecule has 0 spiro atoms. The predicted octanol–water partition coefficient (Wildman–Crippen LogP) is 14.5. The molecule has 22 aromatic rings. The number of rotatable bonds is 20. The lowest BCUT2D eigenvalue weighted by Crippen LogP contribution is -2.20. The Labute approximate surface area is 797 Å². The van der Waals surface area contributed by atoms with Gasteiger partial charge in [-0.3, -0.25) is 49.5 Å². The van der Waals surface area contributed by atoms with Crippen LogP contribution in [0.25, 0.3) is 94.5 Å². The van der Waals surface area contributed by atoms with Crippen LogP contribution in [0, 0.1) is 0 Å². The smallest absolute Gasteiger partial charge is 0.416 e. The molecule has 0 amide bonds. The second-order valence-corrected chi connectivity index (χ2v) is 30.2. The standard InChI is InChI=1S/C22H16F3N7O3.C21H15N7O2.C16H10F3N7O.C16H13N7O2.C15H9Cl2N7O/c1-34-16-7-13-14(8-17(16)35-2)26-10-27-20(13)28-21-19-15(29-30-21)9-18(33)32(31-19)12-5-3-4-11(6-12)22(23,24)25;29-18-13-17-19(20(26-25-17)24-21-22-11-4-12-23-21)27-28(18)14-7-9-16(10-8-14)30-15-5-2-1-3-6-15;17-16(18,19)9-3-1-4-10(7-9)26-12(27)8-11-13(25-26)14(24-23-11)22-15-20-5-2-6-21-15;1-25-11-5-2-4-10(8-11)23-13(24)9-12-14(22-23)15(21-20-12)19-16-17-6-3-7-18-16;16-8-2-3-11(9(17)6-8)24-12(25)7-10-13(23-24)14(22-21-10)20-15-18-4-1-5-19-15/h3-10,29H,1-2H3,(H,26,27,28,30);1-13,25H,(H,22,23,24,26);1-8,23H,(H,20,21,22,24);2-9,20H,1H3,(H,17,18,19,21);1-7,21H,(H,18,19,20,22). The molecule has 0 saturated carbocycles. The summed E-state index contributed by atoms with van der Waals surface area (Å²) < 4.78 is 106. The average molecular weight is 1960 g/mol. The quantitative estimate of drug-likeness (QED) is 0.0317. The highest BCUT2D eigenvalue weighted by atomic mass is 35.5. The van der Waals surface area contributed by atoms with Crippen LogP contribution in [0.15, 0.2) is 292 Å². The third-order valence-corrected chi connectivity index (χ3v) is 20.7. The molecule has 7 aromatic carbocycles. The molecule has 0 unspecified atom stereocenters. The van der Waals surface area contributed by atoms with Crippen molar-refractivity contribution in [2.45, 2.75) is 12.4 Å². The number of nitrogens with one attached hydrogen (secondary N) is 10. The van der Waals surface area contributed by atoms with E-state index in [1.807, 2.05) is 30.3 Å². The number of benzene rings is 7. The predicted molar refractivity (Wildman–Crippen MR) is 508 cm³/mol. The minimum absolute atomic E-state index is 0.0140. The molecular formula is C90H63Cl2F6N35O9. The number of aromatic nitrogens is 30. The zero-order valence-electron chi connectivity index (χ0n) is 72.8. The zero-order chi connectivity index (χ0) is 98.7. The lowest BCUT2D eigenvalue weighted by molar-refractivity contribution is -0.138. The van der Waals surface area contributed by atoms with E-state index in [0.29, 0.717) is 146 Å².